The standard InChI is InChI=1S/C6H8O4/c1-4(7)9-3-5-2-6(8)10-5/h5H,2-3H2,1H3/t5-/m1/s1. The summed E-state index contributed by atoms with van der Waals surface area (Å²) in [6, 6.07) is 0. The van der Waals surface area contributed by atoms with Crippen molar-refractivity contribution in [3.63, 3.8) is 0 Å². The molecule has 0 aromatic carbocycles. The van der Waals surface area contributed by atoms with Gasteiger partial charge < -0.3 is 9.47 Å². The van der Waals surface area contributed by atoms with Crippen molar-refractivity contribution in [2.24, 2.45) is 0 Å². The largest absolute Gasteiger partial charge is 0.462 e. The molecule has 1 fully saturated rings. The molecule has 4 heteroatoms. The summed E-state index contributed by atoms with van der Waals surface area (Å²) in [4.78, 5) is 20.4. The molecule has 1 aliphatic rings. The molecular formula is C6H8O4. The molecule has 0 unspecified atom stereocenters. The van der Waals surface area contributed by atoms with Crippen LogP contribution in [0.4, 0.5) is 0 Å². The van der Waals surface area contributed by atoms with Gasteiger partial charge in [0.25, 0.3) is 0 Å². The minimum atomic E-state index is -0.344. The minimum Gasteiger partial charge on any atom is -0.462 e. The van der Waals surface area contributed by atoms with E-state index in [1.165, 1.54) is 6.92 Å². The van der Waals surface area contributed by atoms with E-state index in [0.29, 0.717) is 6.42 Å². The first kappa shape index (κ1) is 7.05. The smallest absolute Gasteiger partial charge is 0.310 e. The Morgan fingerprint density at radius 3 is 2.90 bits per heavy atom. The second-order valence-electron chi connectivity index (χ2n) is 2.12. The fraction of sp³-hybridized carbons (Fsp3) is 0.667. The van der Waals surface area contributed by atoms with Crippen LogP contribution in [0.5, 0.6) is 0 Å². The third kappa shape index (κ3) is 1.72. The fourth-order valence-corrected chi connectivity index (χ4v) is 0.665. The van der Waals surface area contributed by atoms with Crippen LogP contribution < -0.4 is 0 Å². The van der Waals surface area contributed by atoms with Gasteiger partial charge in [-0.15, -0.1) is 0 Å². The lowest BCUT2D eigenvalue weighted by molar-refractivity contribution is -0.178. The molecule has 0 aliphatic carbocycles. The van der Waals surface area contributed by atoms with E-state index in [1.54, 1.807) is 0 Å². The van der Waals surface area contributed by atoms with Gasteiger partial charge in [-0.2, -0.15) is 0 Å². The second-order valence-corrected chi connectivity index (χ2v) is 2.12. The lowest BCUT2D eigenvalue weighted by Crippen LogP contribution is -2.36. The maximum Gasteiger partial charge on any atom is 0.310 e. The van der Waals surface area contributed by atoms with E-state index >= 15 is 0 Å². The van der Waals surface area contributed by atoms with Crippen LogP contribution >= 0.6 is 0 Å². The van der Waals surface area contributed by atoms with E-state index < -0.39 is 0 Å². The average Bonchev–Trinajstić information content (AvgIpc) is 1.77. The van der Waals surface area contributed by atoms with Gasteiger partial charge in [0.05, 0.1) is 6.42 Å². The summed E-state index contributed by atoms with van der Waals surface area (Å²) in [5, 5.41) is 0. The number of hydrogen-bond acceptors (Lipinski definition) is 4. The first-order valence-electron chi connectivity index (χ1n) is 3.01. The normalized spacial score (nSPS) is 22.9. The fourth-order valence-electron chi connectivity index (χ4n) is 0.665. The molecule has 0 radical (unpaired) electrons. The van der Waals surface area contributed by atoms with E-state index in [-0.39, 0.29) is 24.6 Å². The summed E-state index contributed by atoms with van der Waals surface area (Å²) in [7, 11) is 0. The van der Waals surface area contributed by atoms with Gasteiger partial charge >= 0.3 is 11.9 Å². The maximum absolute atomic E-state index is 10.2. The first-order valence-corrected chi connectivity index (χ1v) is 3.01. The Morgan fingerprint density at radius 2 is 2.50 bits per heavy atom. The molecule has 1 atom stereocenters. The van der Waals surface area contributed by atoms with Crippen molar-refractivity contribution >= 4 is 11.9 Å². The highest BCUT2D eigenvalue weighted by Crippen LogP contribution is 2.12. The first-order chi connectivity index (χ1) is 4.68. The molecule has 0 bridgehead atoms. The quantitative estimate of drug-likeness (QED) is 0.506. The molecule has 0 N–H and O–H groups in total. The van der Waals surface area contributed by atoms with Gasteiger partial charge in [0, 0.05) is 6.92 Å². The Morgan fingerprint density at radius 1 is 1.90 bits per heavy atom. The topological polar surface area (TPSA) is 52.6 Å². The summed E-state index contributed by atoms with van der Waals surface area (Å²) in [5.41, 5.74) is 0. The van der Waals surface area contributed by atoms with Crippen LogP contribution in [0, 0.1) is 0 Å². The molecule has 1 saturated heterocycles. The zero-order valence-electron chi connectivity index (χ0n) is 5.62. The van der Waals surface area contributed by atoms with Crippen molar-refractivity contribution in [3.05, 3.63) is 0 Å². The molecule has 0 spiro atoms. The second kappa shape index (κ2) is 2.68. The van der Waals surface area contributed by atoms with Crippen molar-refractivity contribution in [2.75, 3.05) is 6.61 Å². The van der Waals surface area contributed by atoms with Crippen LogP contribution in [0.15, 0.2) is 0 Å². The maximum atomic E-state index is 10.2. The number of carbonyl (C=O) groups is 2. The van der Waals surface area contributed by atoms with Gasteiger partial charge in [-0.1, -0.05) is 0 Å². The zero-order chi connectivity index (χ0) is 7.56. The number of esters is 2. The van der Waals surface area contributed by atoms with Crippen molar-refractivity contribution in [1.82, 2.24) is 0 Å². The van der Waals surface area contributed by atoms with Crippen LogP contribution in [0.3, 0.4) is 0 Å². The summed E-state index contributed by atoms with van der Waals surface area (Å²) >= 11 is 0. The molecule has 1 rings (SSSR count). The van der Waals surface area contributed by atoms with Crippen molar-refractivity contribution in [2.45, 2.75) is 19.4 Å². The third-order valence-electron chi connectivity index (χ3n) is 1.16. The van der Waals surface area contributed by atoms with Crippen LogP contribution in [0.2, 0.25) is 0 Å². The van der Waals surface area contributed by atoms with Gasteiger partial charge in [-0.3, -0.25) is 9.59 Å². The van der Waals surface area contributed by atoms with E-state index in [1.807, 2.05) is 0 Å². The van der Waals surface area contributed by atoms with Crippen LogP contribution in [0.1, 0.15) is 13.3 Å². The summed E-state index contributed by atoms with van der Waals surface area (Å²) in [5.74, 6) is -0.569. The number of hydrogen-bond donors (Lipinski definition) is 0. The van der Waals surface area contributed by atoms with Gasteiger partial charge in [0.15, 0.2) is 0 Å². The lowest BCUT2D eigenvalue weighted by atomic mass is 10.2. The SMILES string of the molecule is CC(=O)OC[C@H]1CC(=O)O1. The van der Waals surface area contributed by atoms with Crippen molar-refractivity contribution in [3.8, 4) is 0 Å². The van der Waals surface area contributed by atoms with Crippen molar-refractivity contribution < 1.29 is 19.1 Å². The molecule has 10 heavy (non-hydrogen) atoms. The lowest BCUT2D eigenvalue weighted by Gasteiger charge is -2.24. The van der Waals surface area contributed by atoms with Crippen molar-refractivity contribution in [1.29, 1.82) is 0 Å². The number of ether oxygens (including phenoxy) is 2. The molecule has 0 amide bonds. The molecule has 1 heterocycles. The minimum absolute atomic E-state index is 0.196. The molecule has 56 valence electrons. The molecular weight excluding hydrogens is 136 g/mol. The Balaban J connectivity index is 2.05. The van der Waals surface area contributed by atoms with Crippen LogP contribution in [-0.2, 0) is 19.1 Å². The highest BCUT2D eigenvalue weighted by Gasteiger charge is 2.28. The van der Waals surface area contributed by atoms with E-state index in [2.05, 4.69) is 9.47 Å². The Kier molecular flexibility index (Phi) is 1.89. The molecule has 1 aliphatic heterocycles. The van der Waals surface area contributed by atoms with Gasteiger partial charge in [0.1, 0.15) is 12.7 Å². The summed E-state index contributed by atoms with van der Waals surface area (Å²) < 4.78 is 9.15. The summed E-state index contributed by atoms with van der Waals surface area (Å²) in [6.07, 6.45) is 0.171. The molecule has 0 aromatic rings. The van der Waals surface area contributed by atoms with Gasteiger partial charge in [-0.05, 0) is 0 Å². The highest BCUT2D eigenvalue weighted by molar-refractivity contribution is 5.75. The summed E-state index contributed by atoms with van der Waals surface area (Å²) in [6.45, 7) is 1.52. The van der Waals surface area contributed by atoms with E-state index in [0.717, 1.165) is 0 Å². The number of rotatable bonds is 2. The highest BCUT2D eigenvalue weighted by atomic mass is 16.6. The Labute approximate surface area is 58.1 Å². The average molecular weight is 144 g/mol. The third-order valence-corrected chi connectivity index (χ3v) is 1.16. The number of carbonyl (C=O) groups excluding carboxylic acids is 2. The zero-order valence-corrected chi connectivity index (χ0v) is 5.62. The molecule has 0 saturated carbocycles. The predicted octanol–water partition coefficient (Wildman–Crippen LogP) is -0.135. The Hall–Kier alpha value is -1.06. The molecule has 4 nitrogen and oxygen atoms in total. The Bertz CT molecular complexity index is 155. The monoisotopic (exact) mass is 144 g/mol. The van der Waals surface area contributed by atoms with Gasteiger partial charge in [-0.25, -0.2) is 0 Å². The van der Waals surface area contributed by atoms with Crippen LogP contribution in [0.25, 0.3) is 0 Å². The van der Waals surface area contributed by atoms with Gasteiger partial charge in [0.2, 0.25) is 0 Å². The van der Waals surface area contributed by atoms with E-state index in [9.17, 15) is 9.59 Å². The van der Waals surface area contributed by atoms with Crippen LogP contribution in [-0.4, -0.2) is 24.6 Å². The number of cyclic esters (lactones) is 1. The van der Waals surface area contributed by atoms with E-state index in [4.69, 9.17) is 0 Å². The molecule has 0 aromatic heterocycles. The predicted molar refractivity (Wildman–Crippen MR) is 31.1 cm³/mol.